The zero-order valence-corrected chi connectivity index (χ0v) is 11.3. The summed E-state index contributed by atoms with van der Waals surface area (Å²) in [7, 11) is 0. The largest absolute Gasteiger partial charge is 0.335 e. The number of aromatic nitrogens is 4. The summed E-state index contributed by atoms with van der Waals surface area (Å²) in [6.45, 7) is 3.01. The van der Waals surface area contributed by atoms with E-state index in [1.54, 1.807) is 12.3 Å². The molecule has 0 bridgehead atoms. The summed E-state index contributed by atoms with van der Waals surface area (Å²) >= 11 is 0. The maximum atomic E-state index is 11.1. The zero-order valence-electron chi connectivity index (χ0n) is 11.3. The van der Waals surface area contributed by atoms with Crippen LogP contribution in [0.4, 0.5) is 5.95 Å². The minimum absolute atomic E-state index is 0.135. The van der Waals surface area contributed by atoms with Crippen LogP contribution in [0.25, 0.3) is 11.4 Å². The van der Waals surface area contributed by atoms with Gasteiger partial charge in [0.25, 0.3) is 0 Å². The van der Waals surface area contributed by atoms with Gasteiger partial charge in [0.05, 0.1) is 0 Å². The Morgan fingerprint density at radius 3 is 3.05 bits per heavy atom. The second-order valence-corrected chi connectivity index (χ2v) is 5.17. The van der Waals surface area contributed by atoms with Gasteiger partial charge in [-0.3, -0.25) is 9.89 Å². The molecule has 1 aliphatic heterocycles. The van der Waals surface area contributed by atoms with Gasteiger partial charge in [-0.15, -0.1) is 5.10 Å². The summed E-state index contributed by atoms with van der Waals surface area (Å²) in [5.74, 6) is 1.30. The van der Waals surface area contributed by atoms with Crippen LogP contribution in [-0.4, -0.2) is 38.8 Å². The lowest BCUT2D eigenvalue weighted by atomic mass is 9.99. The third-order valence-electron chi connectivity index (χ3n) is 3.84. The van der Waals surface area contributed by atoms with Crippen molar-refractivity contribution in [2.75, 3.05) is 11.4 Å². The maximum absolute atomic E-state index is 11.1. The molecule has 1 saturated heterocycles. The number of piperidine rings is 1. The number of nitrogens with one attached hydrogen (secondary N) is 2. The van der Waals surface area contributed by atoms with Crippen molar-refractivity contribution in [2.24, 2.45) is 5.73 Å². The Kier molecular flexibility index (Phi) is 3.27. The summed E-state index contributed by atoms with van der Waals surface area (Å²) < 4.78 is 0. The van der Waals surface area contributed by atoms with E-state index in [2.05, 4.69) is 32.0 Å². The fourth-order valence-corrected chi connectivity index (χ4v) is 2.52. The predicted molar refractivity (Wildman–Crippen MR) is 76.5 cm³/mol. The van der Waals surface area contributed by atoms with E-state index in [1.807, 2.05) is 0 Å². The quantitative estimate of drug-likeness (QED) is 0.738. The van der Waals surface area contributed by atoms with E-state index in [4.69, 9.17) is 5.73 Å². The van der Waals surface area contributed by atoms with Crippen molar-refractivity contribution in [1.29, 1.82) is 0 Å². The molecule has 0 saturated carbocycles. The van der Waals surface area contributed by atoms with Crippen LogP contribution in [0.5, 0.6) is 0 Å². The van der Waals surface area contributed by atoms with Crippen molar-refractivity contribution in [3.63, 3.8) is 0 Å². The second kappa shape index (κ2) is 5.09. The number of pyridine rings is 1. The highest BCUT2D eigenvalue weighted by Crippen LogP contribution is 2.22. The summed E-state index contributed by atoms with van der Waals surface area (Å²) in [6, 6.07) is 3.56. The van der Waals surface area contributed by atoms with Crippen molar-refractivity contribution in [3.05, 3.63) is 28.7 Å². The molecule has 4 N–H and O–H groups in total. The number of rotatable bonds is 2. The molecule has 2 aromatic rings. The van der Waals surface area contributed by atoms with Crippen LogP contribution in [0.1, 0.15) is 19.8 Å². The van der Waals surface area contributed by atoms with E-state index in [1.165, 1.54) is 6.07 Å². The summed E-state index contributed by atoms with van der Waals surface area (Å²) in [4.78, 5) is 20.3. The Hall–Kier alpha value is -2.15. The molecule has 1 fully saturated rings. The predicted octanol–water partition coefficient (Wildman–Crippen LogP) is 0.476. The maximum Gasteiger partial charge on any atom is 0.247 e. The van der Waals surface area contributed by atoms with Gasteiger partial charge >= 0.3 is 0 Å². The smallest absolute Gasteiger partial charge is 0.247 e. The standard InChI is InChI=1S/C13H18N6O/c1-8-10(14)3-2-6-19(8)13-16-12(17-18-13)9-4-5-11(20)15-7-9/h4-5,7-8,10H,2-3,6,14H2,1H3,(H,15,20)(H,16,17,18). The highest BCUT2D eigenvalue weighted by molar-refractivity contribution is 5.54. The molecule has 0 radical (unpaired) electrons. The molecule has 7 heteroatoms. The van der Waals surface area contributed by atoms with Crippen LogP contribution in [0.2, 0.25) is 0 Å². The molecule has 0 aliphatic carbocycles. The Morgan fingerprint density at radius 1 is 1.45 bits per heavy atom. The molecule has 3 rings (SSSR count). The summed E-state index contributed by atoms with van der Waals surface area (Å²) in [5.41, 5.74) is 6.76. The van der Waals surface area contributed by atoms with Gasteiger partial charge in [-0.05, 0) is 25.8 Å². The molecule has 0 amide bonds. The molecule has 2 unspecified atom stereocenters. The second-order valence-electron chi connectivity index (χ2n) is 5.17. The van der Waals surface area contributed by atoms with Crippen LogP contribution in [0.3, 0.4) is 0 Å². The molecular weight excluding hydrogens is 256 g/mol. The van der Waals surface area contributed by atoms with Gasteiger partial charge in [0, 0.05) is 36.5 Å². The van der Waals surface area contributed by atoms with E-state index < -0.39 is 0 Å². The molecule has 7 nitrogen and oxygen atoms in total. The van der Waals surface area contributed by atoms with Gasteiger partial charge in [0.15, 0.2) is 5.82 Å². The monoisotopic (exact) mass is 274 g/mol. The first-order chi connectivity index (χ1) is 9.65. The average molecular weight is 274 g/mol. The van der Waals surface area contributed by atoms with E-state index in [9.17, 15) is 4.79 Å². The number of hydrogen-bond acceptors (Lipinski definition) is 5. The molecule has 1 aliphatic rings. The molecule has 20 heavy (non-hydrogen) atoms. The highest BCUT2D eigenvalue weighted by atomic mass is 16.1. The first-order valence-electron chi connectivity index (χ1n) is 6.79. The van der Waals surface area contributed by atoms with E-state index in [0.29, 0.717) is 11.8 Å². The lowest BCUT2D eigenvalue weighted by molar-refractivity contribution is 0.416. The molecular formula is C13H18N6O. The minimum atomic E-state index is -0.135. The van der Waals surface area contributed by atoms with Crippen molar-refractivity contribution in [2.45, 2.75) is 31.8 Å². The SMILES string of the molecule is CC1C(N)CCCN1c1n[nH]c(-c2ccc(=O)[nH]c2)n1. The lowest BCUT2D eigenvalue weighted by Gasteiger charge is -2.36. The highest BCUT2D eigenvalue weighted by Gasteiger charge is 2.27. The number of nitrogens with two attached hydrogens (primary N) is 1. The van der Waals surface area contributed by atoms with Gasteiger partial charge in [-0.25, -0.2) is 0 Å². The molecule has 0 aromatic carbocycles. The van der Waals surface area contributed by atoms with Crippen LogP contribution in [0.15, 0.2) is 23.1 Å². The average Bonchev–Trinajstić information content (AvgIpc) is 2.92. The number of hydrogen-bond donors (Lipinski definition) is 3. The first kappa shape index (κ1) is 12.9. The molecule has 2 atom stereocenters. The van der Waals surface area contributed by atoms with Gasteiger partial charge in [0.1, 0.15) is 0 Å². The lowest BCUT2D eigenvalue weighted by Crippen LogP contribution is -2.50. The van der Waals surface area contributed by atoms with Gasteiger partial charge in [-0.2, -0.15) is 4.98 Å². The fourth-order valence-electron chi connectivity index (χ4n) is 2.52. The van der Waals surface area contributed by atoms with Gasteiger partial charge < -0.3 is 15.6 Å². The van der Waals surface area contributed by atoms with Crippen LogP contribution in [-0.2, 0) is 0 Å². The Labute approximate surface area is 116 Å². The van der Waals surface area contributed by atoms with Gasteiger partial charge in [-0.1, -0.05) is 0 Å². The number of nitrogens with zero attached hydrogens (tertiary/aromatic N) is 3. The van der Waals surface area contributed by atoms with Crippen molar-refractivity contribution in [3.8, 4) is 11.4 Å². The fraction of sp³-hybridized carbons (Fsp3) is 0.462. The summed E-state index contributed by atoms with van der Waals surface area (Å²) in [5, 5.41) is 7.17. The van der Waals surface area contributed by atoms with Crippen LogP contribution >= 0.6 is 0 Å². The zero-order chi connectivity index (χ0) is 14.1. The Bertz CT molecular complexity index is 628. The third-order valence-corrected chi connectivity index (χ3v) is 3.84. The van der Waals surface area contributed by atoms with Crippen molar-refractivity contribution < 1.29 is 0 Å². The van der Waals surface area contributed by atoms with Crippen molar-refractivity contribution >= 4 is 5.95 Å². The van der Waals surface area contributed by atoms with Crippen molar-refractivity contribution in [1.82, 2.24) is 20.2 Å². The van der Waals surface area contributed by atoms with E-state index in [-0.39, 0.29) is 17.6 Å². The first-order valence-corrected chi connectivity index (χ1v) is 6.79. The minimum Gasteiger partial charge on any atom is -0.335 e. The topological polar surface area (TPSA) is 104 Å². The number of anilines is 1. The Morgan fingerprint density at radius 2 is 2.30 bits per heavy atom. The number of aromatic amines is 2. The normalized spacial score (nSPS) is 23.0. The van der Waals surface area contributed by atoms with Crippen LogP contribution < -0.4 is 16.2 Å². The molecule has 106 valence electrons. The third kappa shape index (κ3) is 2.32. The molecule has 3 heterocycles. The Balaban J connectivity index is 1.86. The van der Waals surface area contributed by atoms with E-state index in [0.717, 1.165) is 24.9 Å². The number of H-pyrrole nitrogens is 2. The molecule has 2 aromatic heterocycles. The van der Waals surface area contributed by atoms with E-state index >= 15 is 0 Å². The van der Waals surface area contributed by atoms with Crippen LogP contribution in [0, 0.1) is 0 Å². The molecule has 0 spiro atoms. The summed E-state index contributed by atoms with van der Waals surface area (Å²) in [6.07, 6.45) is 3.71. The van der Waals surface area contributed by atoms with Gasteiger partial charge in [0.2, 0.25) is 11.5 Å².